The standard InChI is InChI=1S/C13H16N4O3S/c18-21(19,17-11-1-2-11)12-5-3-10(4-6-12)14-8-7-13-15-9-20-16-13/h3-6,9,11,14,17H,1-2,7-8H2. The molecule has 0 saturated heterocycles. The molecule has 21 heavy (non-hydrogen) atoms. The summed E-state index contributed by atoms with van der Waals surface area (Å²) in [6.45, 7) is 0.645. The number of benzene rings is 1. The molecule has 1 saturated carbocycles. The fourth-order valence-electron chi connectivity index (χ4n) is 1.86. The quantitative estimate of drug-likeness (QED) is 0.797. The zero-order valence-corrected chi connectivity index (χ0v) is 12.1. The summed E-state index contributed by atoms with van der Waals surface area (Å²) in [6, 6.07) is 6.81. The second-order valence-corrected chi connectivity index (χ2v) is 6.66. The molecule has 1 aromatic heterocycles. The second kappa shape index (κ2) is 5.82. The van der Waals surface area contributed by atoms with Crippen LogP contribution in [0.3, 0.4) is 0 Å². The number of sulfonamides is 1. The van der Waals surface area contributed by atoms with E-state index in [4.69, 9.17) is 0 Å². The van der Waals surface area contributed by atoms with E-state index in [-0.39, 0.29) is 10.9 Å². The molecule has 1 aromatic carbocycles. The third kappa shape index (κ3) is 3.79. The van der Waals surface area contributed by atoms with Crippen molar-refractivity contribution < 1.29 is 12.9 Å². The van der Waals surface area contributed by atoms with Gasteiger partial charge in [-0.3, -0.25) is 0 Å². The highest BCUT2D eigenvalue weighted by molar-refractivity contribution is 7.89. The van der Waals surface area contributed by atoms with Crippen LogP contribution in [0.1, 0.15) is 18.7 Å². The molecule has 0 spiro atoms. The minimum Gasteiger partial charge on any atom is -0.385 e. The number of rotatable bonds is 7. The van der Waals surface area contributed by atoms with Crippen molar-refractivity contribution in [2.24, 2.45) is 0 Å². The second-order valence-electron chi connectivity index (χ2n) is 4.94. The van der Waals surface area contributed by atoms with Crippen molar-refractivity contribution in [3.8, 4) is 0 Å². The van der Waals surface area contributed by atoms with E-state index in [0.717, 1.165) is 18.5 Å². The van der Waals surface area contributed by atoms with Crippen molar-refractivity contribution in [2.45, 2.75) is 30.2 Å². The van der Waals surface area contributed by atoms with Crippen LogP contribution in [0.25, 0.3) is 0 Å². The fourth-order valence-corrected chi connectivity index (χ4v) is 3.17. The number of aromatic nitrogens is 2. The Morgan fingerprint density at radius 1 is 1.24 bits per heavy atom. The van der Waals surface area contributed by atoms with Gasteiger partial charge in [-0.2, -0.15) is 4.98 Å². The van der Waals surface area contributed by atoms with Crippen molar-refractivity contribution in [1.82, 2.24) is 14.9 Å². The lowest BCUT2D eigenvalue weighted by Crippen LogP contribution is -2.25. The molecule has 1 fully saturated rings. The molecule has 8 heteroatoms. The first-order valence-electron chi connectivity index (χ1n) is 6.75. The predicted octanol–water partition coefficient (Wildman–Crippen LogP) is 1.16. The van der Waals surface area contributed by atoms with Gasteiger partial charge in [0.25, 0.3) is 0 Å². The van der Waals surface area contributed by atoms with Gasteiger partial charge in [0.2, 0.25) is 16.4 Å². The highest BCUT2D eigenvalue weighted by Gasteiger charge is 2.27. The first-order valence-corrected chi connectivity index (χ1v) is 8.23. The summed E-state index contributed by atoms with van der Waals surface area (Å²) < 4.78 is 31.3. The Bertz CT molecular complexity index is 679. The molecule has 0 bridgehead atoms. The number of nitrogens with one attached hydrogen (secondary N) is 2. The molecule has 2 aromatic rings. The van der Waals surface area contributed by atoms with Crippen molar-refractivity contribution in [3.05, 3.63) is 36.5 Å². The maximum absolute atomic E-state index is 12.0. The Labute approximate surface area is 122 Å². The lowest BCUT2D eigenvalue weighted by atomic mass is 10.3. The summed E-state index contributed by atoms with van der Waals surface area (Å²) in [5.74, 6) is 0.635. The minimum absolute atomic E-state index is 0.114. The van der Waals surface area contributed by atoms with Crippen LogP contribution in [0, 0.1) is 0 Å². The SMILES string of the molecule is O=S(=O)(NC1CC1)c1ccc(NCCc2ncon2)cc1. The number of nitrogens with zero attached hydrogens (tertiary/aromatic N) is 2. The van der Waals surface area contributed by atoms with E-state index < -0.39 is 10.0 Å². The molecular weight excluding hydrogens is 292 g/mol. The first-order chi connectivity index (χ1) is 10.1. The van der Waals surface area contributed by atoms with Crippen LogP contribution in [-0.2, 0) is 16.4 Å². The fraction of sp³-hybridized carbons (Fsp3) is 0.385. The van der Waals surface area contributed by atoms with Crippen LogP contribution >= 0.6 is 0 Å². The number of hydrogen-bond donors (Lipinski definition) is 2. The topological polar surface area (TPSA) is 97.1 Å². The van der Waals surface area contributed by atoms with E-state index >= 15 is 0 Å². The molecule has 112 valence electrons. The molecule has 1 heterocycles. The van der Waals surface area contributed by atoms with Gasteiger partial charge in [0.15, 0.2) is 5.82 Å². The molecule has 0 aliphatic heterocycles. The smallest absolute Gasteiger partial charge is 0.240 e. The third-order valence-corrected chi connectivity index (χ3v) is 4.68. The minimum atomic E-state index is -3.38. The molecule has 7 nitrogen and oxygen atoms in total. The van der Waals surface area contributed by atoms with Gasteiger partial charge in [0, 0.05) is 24.7 Å². The summed E-state index contributed by atoms with van der Waals surface area (Å²) in [7, 11) is -3.38. The van der Waals surface area contributed by atoms with Crippen LogP contribution < -0.4 is 10.0 Å². The number of anilines is 1. The molecule has 0 unspecified atom stereocenters. The van der Waals surface area contributed by atoms with E-state index in [0.29, 0.717) is 18.8 Å². The van der Waals surface area contributed by atoms with E-state index in [1.54, 1.807) is 24.3 Å². The van der Waals surface area contributed by atoms with Crippen molar-refractivity contribution >= 4 is 15.7 Å². The summed E-state index contributed by atoms with van der Waals surface area (Å²) >= 11 is 0. The summed E-state index contributed by atoms with van der Waals surface area (Å²) in [6.07, 6.45) is 3.78. The van der Waals surface area contributed by atoms with Gasteiger partial charge >= 0.3 is 0 Å². The molecule has 0 radical (unpaired) electrons. The average Bonchev–Trinajstić information content (AvgIpc) is 3.11. The Balaban J connectivity index is 1.56. The normalized spacial score (nSPS) is 15.0. The molecule has 1 aliphatic carbocycles. The highest BCUT2D eigenvalue weighted by atomic mass is 32.2. The van der Waals surface area contributed by atoms with Crippen molar-refractivity contribution in [3.63, 3.8) is 0 Å². The maximum atomic E-state index is 12.0. The van der Waals surface area contributed by atoms with Crippen LogP contribution in [0.15, 0.2) is 40.1 Å². The van der Waals surface area contributed by atoms with E-state index in [1.165, 1.54) is 6.39 Å². The first kappa shape index (κ1) is 14.0. The molecular formula is C13H16N4O3S. The lowest BCUT2D eigenvalue weighted by Gasteiger charge is -2.08. The zero-order chi connectivity index (χ0) is 14.7. The van der Waals surface area contributed by atoms with Gasteiger partial charge in [-0.15, -0.1) is 0 Å². The lowest BCUT2D eigenvalue weighted by molar-refractivity contribution is 0.410. The van der Waals surface area contributed by atoms with Gasteiger partial charge < -0.3 is 9.84 Å². The van der Waals surface area contributed by atoms with Gasteiger partial charge in [-0.1, -0.05) is 5.16 Å². The summed E-state index contributed by atoms with van der Waals surface area (Å²) in [4.78, 5) is 4.21. The Kier molecular flexibility index (Phi) is 3.89. The highest BCUT2D eigenvalue weighted by Crippen LogP contribution is 2.22. The van der Waals surface area contributed by atoms with Gasteiger partial charge in [-0.25, -0.2) is 13.1 Å². The van der Waals surface area contributed by atoms with Gasteiger partial charge in [0.1, 0.15) is 0 Å². The van der Waals surface area contributed by atoms with E-state index in [1.807, 2.05) is 0 Å². The monoisotopic (exact) mass is 308 g/mol. The Morgan fingerprint density at radius 3 is 2.62 bits per heavy atom. The van der Waals surface area contributed by atoms with Crippen LogP contribution in [-0.4, -0.2) is 31.1 Å². The Hall–Kier alpha value is -1.93. The summed E-state index contributed by atoms with van der Waals surface area (Å²) in [5, 5.41) is 6.89. The van der Waals surface area contributed by atoms with Gasteiger partial charge in [0.05, 0.1) is 4.90 Å². The van der Waals surface area contributed by atoms with E-state index in [9.17, 15) is 8.42 Å². The van der Waals surface area contributed by atoms with Gasteiger partial charge in [-0.05, 0) is 37.1 Å². The number of hydrogen-bond acceptors (Lipinski definition) is 6. The van der Waals surface area contributed by atoms with Crippen molar-refractivity contribution in [1.29, 1.82) is 0 Å². The van der Waals surface area contributed by atoms with Crippen LogP contribution in [0.4, 0.5) is 5.69 Å². The molecule has 0 amide bonds. The molecule has 1 aliphatic rings. The third-order valence-electron chi connectivity index (χ3n) is 3.15. The molecule has 2 N–H and O–H groups in total. The predicted molar refractivity (Wildman–Crippen MR) is 76.3 cm³/mol. The van der Waals surface area contributed by atoms with Crippen molar-refractivity contribution in [2.75, 3.05) is 11.9 Å². The zero-order valence-electron chi connectivity index (χ0n) is 11.3. The van der Waals surface area contributed by atoms with Crippen LogP contribution in [0.5, 0.6) is 0 Å². The maximum Gasteiger partial charge on any atom is 0.240 e. The summed E-state index contributed by atoms with van der Waals surface area (Å²) in [5.41, 5.74) is 0.851. The average molecular weight is 308 g/mol. The molecule has 0 atom stereocenters. The molecule has 3 rings (SSSR count). The largest absolute Gasteiger partial charge is 0.385 e. The van der Waals surface area contributed by atoms with E-state index in [2.05, 4.69) is 24.7 Å². The Morgan fingerprint density at radius 2 is 2.00 bits per heavy atom. The van der Waals surface area contributed by atoms with Crippen LogP contribution in [0.2, 0.25) is 0 Å².